The second kappa shape index (κ2) is 4.73. The zero-order valence-corrected chi connectivity index (χ0v) is 11.3. The normalized spacial score (nSPS) is 28.4. The molecule has 0 amide bonds. The molecular weight excluding hydrogens is 240 g/mol. The Morgan fingerprint density at radius 1 is 1.28 bits per heavy atom. The second-order valence-corrected chi connectivity index (χ2v) is 5.76. The van der Waals surface area contributed by atoms with Crippen LogP contribution in [0.15, 0.2) is 36.4 Å². The van der Waals surface area contributed by atoms with Gasteiger partial charge >= 0.3 is 0 Å². The van der Waals surface area contributed by atoms with Gasteiger partial charge in [0.1, 0.15) is 0 Å². The van der Waals surface area contributed by atoms with E-state index in [1.165, 1.54) is 18.4 Å². The van der Waals surface area contributed by atoms with Crippen molar-refractivity contribution in [2.45, 2.75) is 25.8 Å². The largest absolute Gasteiger partial charge is 0.359 e. The van der Waals surface area contributed by atoms with Gasteiger partial charge in [-0.25, -0.2) is 0 Å². The van der Waals surface area contributed by atoms with Gasteiger partial charge in [0.05, 0.1) is 0 Å². The number of hydrogen-bond acceptors (Lipinski definition) is 1. The van der Waals surface area contributed by atoms with E-state index in [0.717, 1.165) is 16.7 Å². The summed E-state index contributed by atoms with van der Waals surface area (Å²) in [6.07, 6.45) is 7.20. The SMILES string of the molecule is Cc1cccc(NC(=S)N[C@@H]2C[C@@H]3C=C[C@H]2C3)c1. The zero-order valence-electron chi connectivity index (χ0n) is 10.5. The van der Waals surface area contributed by atoms with E-state index in [9.17, 15) is 0 Å². The maximum atomic E-state index is 5.39. The molecule has 3 atom stereocenters. The molecule has 1 fully saturated rings. The van der Waals surface area contributed by atoms with E-state index >= 15 is 0 Å². The first-order valence-corrected chi connectivity index (χ1v) is 6.94. The molecule has 2 nitrogen and oxygen atoms in total. The molecule has 2 bridgehead atoms. The number of hydrogen-bond donors (Lipinski definition) is 2. The molecule has 3 heteroatoms. The summed E-state index contributed by atoms with van der Waals surface area (Å²) in [5.74, 6) is 1.45. The topological polar surface area (TPSA) is 24.1 Å². The molecule has 0 spiro atoms. The highest BCUT2D eigenvalue weighted by molar-refractivity contribution is 7.80. The highest BCUT2D eigenvalue weighted by atomic mass is 32.1. The maximum Gasteiger partial charge on any atom is 0.171 e. The standard InChI is InChI=1S/C15H18N2S/c1-10-3-2-4-13(7-10)16-15(18)17-14-9-11-5-6-12(14)8-11/h2-7,11-12,14H,8-9H2,1H3,(H2,16,17,18)/t11-,12+,14-/m1/s1. The van der Waals surface area contributed by atoms with Gasteiger partial charge in [-0.05, 0) is 61.5 Å². The molecule has 0 aromatic heterocycles. The van der Waals surface area contributed by atoms with Gasteiger partial charge in [0, 0.05) is 11.7 Å². The molecule has 18 heavy (non-hydrogen) atoms. The predicted molar refractivity (Wildman–Crippen MR) is 79.7 cm³/mol. The summed E-state index contributed by atoms with van der Waals surface area (Å²) in [4.78, 5) is 0. The number of rotatable bonds is 2. The lowest BCUT2D eigenvalue weighted by atomic mass is 10.0. The van der Waals surface area contributed by atoms with Crippen molar-refractivity contribution in [1.29, 1.82) is 0 Å². The van der Waals surface area contributed by atoms with Crippen molar-refractivity contribution in [3.63, 3.8) is 0 Å². The summed E-state index contributed by atoms with van der Waals surface area (Å²) in [5.41, 5.74) is 2.30. The quantitative estimate of drug-likeness (QED) is 0.629. The Morgan fingerprint density at radius 3 is 2.83 bits per heavy atom. The minimum Gasteiger partial charge on any atom is -0.359 e. The summed E-state index contributed by atoms with van der Waals surface area (Å²) < 4.78 is 0. The molecule has 2 aliphatic rings. The molecule has 2 N–H and O–H groups in total. The number of anilines is 1. The van der Waals surface area contributed by atoms with Crippen LogP contribution in [0.3, 0.4) is 0 Å². The number of aryl methyl sites for hydroxylation is 1. The zero-order chi connectivity index (χ0) is 12.5. The van der Waals surface area contributed by atoms with Crippen LogP contribution >= 0.6 is 12.2 Å². The van der Waals surface area contributed by atoms with Crippen molar-refractivity contribution >= 4 is 23.0 Å². The first-order chi connectivity index (χ1) is 8.70. The summed E-state index contributed by atoms with van der Waals surface area (Å²) >= 11 is 5.39. The molecular formula is C15H18N2S. The van der Waals surface area contributed by atoms with Gasteiger partial charge in [-0.1, -0.05) is 24.3 Å². The summed E-state index contributed by atoms with van der Waals surface area (Å²) in [6, 6.07) is 8.80. The minimum atomic E-state index is 0.518. The van der Waals surface area contributed by atoms with Crippen LogP contribution in [0.4, 0.5) is 5.69 Å². The lowest BCUT2D eigenvalue weighted by Crippen LogP contribution is -2.40. The fraction of sp³-hybridized carbons (Fsp3) is 0.400. The third-order valence-corrected chi connectivity index (χ3v) is 4.09. The Balaban J connectivity index is 1.58. The van der Waals surface area contributed by atoms with Crippen LogP contribution in [0.5, 0.6) is 0 Å². The van der Waals surface area contributed by atoms with Crippen LogP contribution in [0, 0.1) is 18.8 Å². The fourth-order valence-corrected chi connectivity index (χ4v) is 3.27. The number of nitrogens with one attached hydrogen (secondary N) is 2. The van der Waals surface area contributed by atoms with E-state index in [-0.39, 0.29) is 0 Å². The Morgan fingerprint density at radius 2 is 2.17 bits per heavy atom. The average Bonchev–Trinajstić information content (AvgIpc) is 2.90. The van der Waals surface area contributed by atoms with Gasteiger partial charge in [-0.2, -0.15) is 0 Å². The van der Waals surface area contributed by atoms with Crippen LogP contribution in [0.25, 0.3) is 0 Å². The lowest BCUT2D eigenvalue weighted by Gasteiger charge is -2.22. The molecule has 1 saturated carbocycles. The van der Waals surface area contributed by atoms with E-state index in [0.29, 0.717) is 12.0 Å². The number of benzene rings is 1. The number of thiocarbonyl (C=S) groups is 1. The van der Waals surface area contributed by atoms with Gasteiger partial charge in [0.2, 0.25) is 0 Å². The first-order valence-electron chi connectivity index (χ1n) is 6.53. The van der Waals surface area contributed by atoms with Crippen molar-refractivity contribution in [1.82, 2.24) is 5.32 Å². The monoisotopic (exact) mass is 258 g/mol. The van der Waals surface area contributed by atoms with E-state index in [1.807, 2.05) is 12.1 Å². The van der Waals surface area contributed by atoms with Crippen LogP contribution in [-0.4, -0.2) is 11.2 Å². The van der Waals surface area contributed by atoms with Crippen molar-refractivity contribution in [2.24, 2.45) is 11.8 Å². The van der Waals surface area contributed by atoms with Crippen molar-refractivity contribution in [2.75, 3.05) is 5.32 Å². The molecule has 0 radical (unpaired) electrons. The van der Waals surface area contributed by atoms with Gasteiger partial charge < -0.3 is 10.6 Å². The summed E-state index contributed by atoms with van der Waals surface area (Å²) in [7, 11) is 0. The van der Waals surface area contributed by atoms with Crippen molar-refractivity contribution in [3.8, 4) is 0 Å². The molecule has 2 aliphatic carbocycles. The molecule has 1 aromatic rings. The Labute approximate surface area is 113 Å². The van der Waals surface area contributed by atoms with E-state index in [2.05, 4.69) is 41.8 Å². The van der Waals surface area contributed by atoms with Crippen LogP contribution in [-0.2, 0) is 0 Å². The molecule has 0 heterocycles. The first kappa shape index (κ1) is 11.7. The van der Waals surface area contributed by atoms with Crippen LogP contribution in [0.1, 0.15) is 18.4 Å². The maximum absolute atomic E-state index is 5.39. The van der Waals surface area contributed by atoms with Gasteiger partial charge in [0.25, 0.3) is 0 Å². The fourth-order valence-electron chi connectivity index (χ4n) is 3.01. The van der Waals surface area contributed by atoms with Crippen LogP contribution in [0.2, 0.25) is 0 Å². The van der Waals surface area contributed by atoms with Gasteiger partial charge in [-0.3, -0.25) is 0 Å². The Hall–Kier alpha value is -1.35. The minimum absolute atomic E-state index is 0.518. The predicted octanol–water partition coefficient (Wildman–Crippen LogP) is 3.25. The van der Waals surface area contributed by atoms with E-state index in [1.54, 1.807) is 0 Å². The summed E-state index contributed by atoms with van der Waals surface area (Å²) in [5, 5.41) is 7.45. The van der Waals surface area contributed by atoms with Gasteiger partial charge in [-0.15, -0.1) is 0 Å². The molecule has 94 valence electrons. The number of allylic oxidation sites excluding steroid dienone is 1. The summed E-state index contributed by atoms with van der Waals surface area (Å²) in [6.45, 7) is 2.09. The third-order valence-electron chi connectivity index (χ3n) is 3.87. The van der Waals surface area contributed by atoms with E-state index in [4.69, 9.17) is 12.2 Å². The molecule has 0 aliphatic heterocycles. The molecule has 0 unspecified atom stereocenters. The molecule has 1 aromatic carbocycles. The van der Waals surface area contributed by atoms with E-state index < -0.39 is 0 Å². The smallest absolute Gasteiger partial charge is 0.171 e. The van der Waals surface area contributed by atoms with Gasteiger partial charge in [0.15, 0.2) is 5.11 Å². The third kappa shape index (κ3) is 2.41. The number of fused-ring (bicyclic) bond motifs is 2. The van der Waals surface area contributed by atoms with Crippen LogP contribution < -0.4 is 10.6 Å². The Bertz CT molecular complexity index is 495. The van der Waals surface area contributed by atoms with Crippen molar-refractivity contribution < 1.29 is 0 Å². The van der Waals surface area contributed by atoms with Crippen molar-refractivity contribution in [3.05, 3.63) is 42.0 Å². The Kier molecular flexibility index (Phi) is 3.08. The highest BCUT2D eigenvalue weighted by Crippen LogP contribution is 2.38. The lowest BCUT2D eigenvalue weighted by molar-refractivity contribution is 0.526. The average molecular weight is 258 g/mol. The second-order valence-electron chi connectivity index (χ2n) is 5.35. The highest BCUT2D eigenvalue weighted by Gasteiger charge is 2.35. The molecule has 3 rings (SSSR count). The molecule has 0 saturated heterocycles.